The quantitative estimate of drug-likeness (QED) is 0.922. The molecule has 0 aliphatic heterocycles. The minimum atomic E-state index is -3.57. The van der Waals surface area contributed by atoms with Crippen molar-refractivity contribution in [3.63, 3.8) is 0 Å². The van der Waals surface area contributed by atoms with E-state index in [1.807, 2.05) is 13.0 Å². The second kappa shape index (κ2) is 5.99. The first-order chi connectivity index (χ1) is 9.38. The van der Waals surface area contributed by atoms with Crippen molar-refractivity contribution in [3.8, 4) is 0 Å². The van der Waals surface area contributed by atoms with Gasteiger partial charge in [-0.05, 0) is 49.6 Å². The van der Waals surface area contributed by atoms with Crippen LogP contribution in [0.4, 0.5) is 0 Å². The van der Waals surface area contributed by atoms with Crippen molar-refractivity contribution in [2.75, 3.05) is 0 Å². The number of benzene rings is 1. The Balaban J connectivity index is 2.12. The maximum atomic E-state index is 12.2. The third-order valence-corrected chi connectivity index (χ3v) is 4.93. The standard InChI is InChI=1S/C14H16ClNO3S/c1-10-3-4-13(8-14(10)15)20(17,18)16-11(2)7-12-5-6-19-9-12/h3-6,8-9,11,16H,7H2,1-2H3. The van der Waals surface area contributed by atoms with Gasteiger partial charge in [-0.15, -0.1) is 0 Å². The van der Waals surface area contributed by atoms with Gasteiger partial charge in [0.2, 0.25) is 10.0 Å². The molecule has 1 aromatic carbocycles. The molecule has 20 heavy (non-hydrogen) atoms. The normalized spacial score (nSPS) is 13.3. The SMILES string of the molecule is Cc1ccc(S(=O)(=O)NC(C)Cc2ccoc2)cc1Cl. The lowest BCUT2D eigenvalue weighted by molar-refractivity contribution is 0.549. The minimum absolute atomic E-state index is 0.173. The molecule has 2 aromatic rings. The second-order valence-corrected chi connectivity index (χ2v) is 6.89. The predicted octanol–water partition coefficient (Wildman–Crippen LogP) is 3.15. The van der Waals surface area contributed by atoms with Crippen LogP contribution in [0, 0.1) is 6.92 Å². The van der Waals surface area contributed by atoms with E-state index in [-0.39, 0.29) is 10.9 Å². The Morgan fingerprint density at radius 3 is 2.70 bits per heavy atom. The smallest absolute Gasteiger partial charge is 0.240 e. The lowest BCUT2D eigenvalue weighted by Gasteiger charge is -2.14. The molecule has 1 heterocycles. The number of furan rings is 1. The van der Waals surface area contributed by atoms with Crippen LogP contribution >= 0.6 is 11.6 Å². The molecule has 0 aliphatic carbocycles. The molecule has 0 saturated carbocycles. The Bertz CT molecular complexity index is 680. The summed E-state index contributed by atoms with van der Waals surface area (Å²) in [7, 11) is -3.57. The fourth-order valence-corrected chi connectivity index (χ4v) is 3.39. The average Bonchev–Trinajstić information content (AvgIpc) is 2.84. The molecule has 1 atom stereocenters. The van der Waals surface area contributed by atoms with Crippen LogP contribution in [0.3, 0.4) is 0 Å². The van der Waals surface area contributed by atoms with Gasteiger partial charge in [-0.1, -0.05) is 17.7 Å². The highest BCUT2D eigenvalue weighted by Crippen LogP contribution is 2.20. The molecule has 0 bridgehead atoms. The summed E-state index contributed by atoms with van der Waals surface area (Å²) in [6, 6.07) is 6.28. The van der Waals surface area contributed by atoms with E-state index in [0.29, 0.717) is 11.4 Å². The number of rotatable bonds is 5. The Morgan fingerprint density at radius 2 is 2.10 bits per heavy atom. The van der Waals surface area contributed by atoms with E-state index in [4.69, 9.17) is 16.0 Å². The summed E-state index contributed by atoms with van der Waals surface area (Å²) < 4.78 is 32.1. The van der Waals surface area contributed by atoms with Crippen molar-refractivity contribution in [2.24, 2.45) is 0 Å². The lowest BCUT2D eigenvalue weighted by atomic mass is 10.1. The van der Waals surface area contributed by atoms with Crippen LogP contribution in [0.5, 0.6) is 0 Å². The Labute approximate surface area is 123 Å². The van der Waals surface area contributed by atoms with Crippen molar-refractivity contribution in [2.45, 2.75) is 31.2 Å². The monoisotopic (exact) mass is 313 g/mol. The van der Waals surface area contributed by atoms with Crippen LogP contribution in [0.25, 0.3) is 0 Å². The van der Waals surface area contributed by atoms with Crippen LogP contribution in [0.2, 0.25) is 5.02 Å². The summed E-state index contributed by atoms with van der Waals surface area (Å²) in [5.41, 5.74) is 1.79. The maximum absolute atomic E-state index is 12.2. The number of aryl methyl sites for hydroxylation is 1. The molecule has 0 fully saturated rings. The summed E-state index contributed by atoms with van der Waals surface area (Å²) in [5, 5.41) is 0.440. The van der Waals surface area contributed by atoms with Gasteiger partial charge in [-0.25, -0.2) is 13.1 Å². The van der Waals surface area contributed by atoms with Crippen LogP contribution < -0.4 is 4.72 Å². The van der Waals surface area contributed by atoms with E-state index in [0.717, 1.165) is 11.1 Å². The highest BCUT2D eigenvalue weighted by atomic mass is 35.5. The van der Waals surface area contributed by atoms with Crippen LogP contribution in [-0.2, 0) is 16.4 Å². The van der Waals surface area contributed by atoms with E-state index < -0.39 is 10.0 Å². The molecule has 0 amide bonds. The molecule has 1 unspecified atom stereocenters. The van der Waals surface area contributed by atoms with Crippen LogP contribution in [-0.4, -0.2) is 14.5 Å². The summed E-state index contributed by atoms with van der Waals surface area (Å²) in [6.07, 6.45) is 3.74. The van der Waals surface area contributed by atoms with E-state index in [1.54, 1.807) is 31.6 Å². The van der Waals surface area contributed by atoms with Gasteiger partial charge in [0.05, 0.1) is 17.4 Å². The Kier molecular flexibility index (Phi) is 4.52. The third kappa shape index (κ3) is 3.62. The number of nitrogens with one attached hydrogen (secondary N) is 1. The molecule has 1 N–H and O–H groups in total. The third-order valence-electron chi connectivity index (χ3n) is 2.93. The van der Waals surface area contributed by atoms with E-state index in [2.05, 4.69) is 4.72 Å². The summed E-state index contributed by atoms with van der Waals surface area (Å²) in [4.78, 5) is 0.173. The lowest BCUT2D eigenvalue weighted by Crippen LogP contribution is -2.34. The van der Waals surface area contributed by atoms with Crippen LogP contribution in [0.15, 0.2) is 46.1 Å². The van der Waals surface area contributed by atoms with Gasteiger partial charge in [-0.3, -0.25) is 0 Å². The van der Waals surface area contributed by atoms with Crippen molar-refractivity contribution in [1.82, 2.24) is 4.72 Å². The zero-order valence-electron chi connectivity index (χ0n) is 11.3. The molecule has 4 nitrogen and oxygen atoms in total. The molecular weight excluding hydrogens is 298 g/mol. The molecule has 108 valence electrons. The van der Waals surface area contributed by atoms with Crippen LogP contribution in [0.1, 0.15) is 18.1 Å². The molecule has 0 saturated heterocycles. The van der Waals surface area contributed by atoms with E-state index in [1.165, 1.54) is 6.07 Å². The summed E-state index contributed by atoms with van der Waals surface area (Å²) in [6.45, 7) is 3.63. The molecule has 0 aliphatic rings. The Hall–Kier alpha value is -1.30. The fourth-order valence-electron chi connectivity index (χ4n) is 1.88. The molecule has 1 aromatic heterocycles. The highest BCUT2D eigenvalue weighted by Gasteiger charge is 2.18. The van der Waals surface area contributed by atoms with Crippen molar-refractivity contribution in [3.05, 3.63) is 52.9 Å². The van der Waals surface area contributed by atoms with Gasteiger partial charge in [0, 0.05) is 11.1 Å². The molecule has 0 spiro atoms. The molecule has 6 heteroatoms. The zero-order chi connectivity index (χ0) is 14.8. The first-order valence-corrected chi connectivity index (χ1v) is 8.04. The summed E-state index contributed by atoms with van der Waals surface area (Å²) in [5.74, 6) is 0. The van der Waals surface area contributed by atoms with Gasteiger partial charge in [0.25, 0.3) is 0 Å². The molecule has 0 radical (unpaired) electrons. The number of hydrogen-bond acceptors (Lipinski definition) is 3. The van der Waals surface area contributed by atoms with Gasteiger partial charge in [-0.2, -0.15) is 0 Å². The molecular formula is C14H16ClNO3S. The van der Waals surface area contributed by atoms with E-state index in [9.17, 15) is 8.42 Å². The largest absolute Gasteiger partial charge is 0.472 e. The van der Waals surface area contributed by atoms with Crippen molar-refractivity contribution in [1.29, 1.82) is 0 Å². The molecule has 2 rings (SSSR count). The minimum Gasteiger partial charge on any atom is -0.472 e. The van der Waals surface area contributed by atoms with Gasteiger partial charge in [0.15, 0.2) is 0 Å². The predicted molar refractivity (Wildman–Crippen MR) is 78.4 cm³/mol. The Morgan fingerprint density at radius 1 is 1.35 bits per heavy atom. The van der Waals surface area contributed by atoms with Gasteiger partial charge < -0.3 is 4.42 Å². The zero-order valence-corrected chi connectivity index (χ0v) is 12.8. The maximum Gasteiger partial charge on any atom is 0.240 e. The number of sulfonamides is 1. The van der Waals surface area contributed by atoms with Crippen molar-refractivity contribution < 1.29 is 12.8 Å². The first kappa shape index (κ1) is 15.1. The number of hydrogen-bond donors (Lipinski definition) is 1. The fraction of sp³-hybridized carbons (Fsp3) is 0.286. The first-order valence-electron chi connectivity index (χ1n) is 6.18. The average molecular weight is 314 g/mol. The highest BCUT2D eigenvalue weighted by molar-refractivity contribution is 7.89. The van der Waals surface area contributed by atoms with Gasteiger partial charge >= 0.3 is 0 Å². The topological polar surface area (TPSA) is 59.3 Å². The van der Waals surface area contributed by atoms with Crippen molar-refractivity contribution >= 4 is 21.6 Å². The number of halogens is 1. The van der Waals surface area contributed by atoms with E-state index >= 15 is 0 Å². The van der Waals surface area contributed by atoms with Gasteiger partial charge in [0.1, 0.15) is 0 Å². The second-order valence-electron chi connectivity index (χ2n) is 4.77. The summed E-state index contributed by atoms with van der Waals surface area (Å²) >= 11 is 5.97.